The Morgan fingerprint density at radius 3 is 2.38 bits per heavy atom. The maximum Gasteiger partial charge on any atom is 0.0716 e. The predicted octanol–water partition coefficient (Wildman–Crippen LogP) is 4.96. The second-order valence-electron chi connectivity index (χ2n) is 3.78. The first-order valence-corrected chi connectivity index (χ1v) is 8.03. The van der Waals surface area contributed by atoms with E-state index in [1.165, 1.54) is 35.7 Å². The van der Waals surface area contributed by atoms with Crippen molar-refractivity contribution in [1.82, 2.24) is 0 Å². The molecule has 0 atom stereocenters. The Bertz CT molecular complexity index is 274. The van der Waals surface area contributed by atoms with Gasteiger partial charge in [-0.2, -0.15) is 0 Å². The number of hydrogen-bond donors (Lipinski definition) is 0. The lowest BCUT2D eigenvalue weighted by Gasteiger charge is -2.04. The van der Waals surface area contributed by atoms with Crippen molar-refractivity contribution in [3.8, 4) is 0 Å². The fourth-order valence-electron chi connectivity index (χ4n) is 1.42. The number of ether oxygens (including phenoxy) is 1. The Morgan fingerprint density at radius 1 is 1.00 bits per heavy atom. The summed E-state index contributed by atoms with van der Waals surface area (Å²) in [5.41, 5.74) is 1.25. The van der Waals surface area contributed by atoms with Gasteiger partial charge in [0.05, 0.1) is 6.61 Å². The van der Waals surface area contributed by atoms with Gasteiger partial charge in [0.25, 0.3) is 0 Å². The van der Waals surface area contributed by atoms with E-state index < -0.39 is 0 Å². The van der Waals surface area contributed by atoms with Crippen molar-refractivity contribution in [2.45, 2.75) is 32.3 Å². The van der Waals surface area contributed by atoms with Crippen molar-refractivity contribution in [1.29, 1.82) is 0 Å². The minimum Gasteiger partial charge on any atom is -0.377 e. The number of alkyl halides is 1. The molecule has 1 aromatic rings. The van der Waals surface area contributed by atoms with Crippen LogP contribution in [0.3, 0.4) is 0 Å². The summed E-state index contributed by atoms with van der Waals surface area (Å²) in [6.07, 6.45) is 5.16. The number of unbranched alkanes of at least 4 members (excludes halogenated alkanes) is 3. The van der Waals surface area contributed by atoms with Crippen LogP contribution in [0.5, 0.6) is 0 Å². The van der Waals surface area contributed by atoms with Gasteiger partial charge in [-0.1, -0.05) is 63.5 Å². The van der Waals surface area contributed by atoms with E-state index in [0.29, 0.717) is 0 Å². The molecule has 1 nitrogen and oxygen atoms in total. The number of hydrogen-bond acceptors (Lipinski definition) is 1. The summed E-state index contributed by atoms with van der Waals surface area (Å²) >= 11 is 5.85. The lowest BCUT2D eigenvalue weighted by molar-refractivity contribution is 0.117. The summed E-state index contributed by atoms with van der Waals surface area (Å²) in [5.74, 6) is 0. The van der Waals surface area contributed by atoms with Crippen molar-refractivity contribution in [3.63, 3.8) is 0 Å². The lowest BCUT2D eigenvalue weighted by Crippen LogP contribution is -1.95. The van der Waals surface area contributed by atoms with Crippen molar-refractivity contribution in [3.05, 3.63) is 34.3 Å². The predicted molar refractivity (Wildman–Crippen MR) is 81.2 cm³/mol. The highest BCUT2D eigenvalue weighted by Gasteiger charge is 1.94. The van der Waals surface area contributed by atoms with Crippen LogP contribution in [0.4, 0.5) is 0 Å². The third kappa shape index (κ3) is 6.86. The fourth-order valence-corrected chi connectivity index (χ4v) is 2.23. The van der Waals surface area contributed by atoms with Crippen molar-refractivity contribution >= 4 is 38.5 Å². The number of halogens is 2. The quantitative estimate of drug-likeness (QED) is 0.342. The van der Waals surface area contributed by atoms with E-state index in [-0.39, 0.29) is 0 Å². The van der Waals surface area contributed by atoms with Gasteiger partial charge in [-0.25, -0.2) is 0 Å². The Kier molecular flexibility index (Phi) is 8.51. The minimum atomic E-state index is 0.736. The lowest BCUT2D eigenvalue weighted by atomic mass is 10.2. The SMILES string of the molecule is Brc1ccc(COCCCCCCI)cc1. The number of rotatable bonds is 8. The third-order valence-electron chi connectivity index (χ3n) is 2.35. The average Bonchev–Trinajstić information content (AvgIpc) is 2.30. The molecule has 0 aliphatic heterocycles. The fraction of sp³-hybridized carbons (Fsp3) is 0.538. The van der Waals surface area contributed by atoms with Crippen LogP contribution in [0.15, 0.2) is 28.7 Å². The molecule has 0 aromatic heterocycles. The van der Waals surface area contributed by atoms with Crippen LogP contribution in [0.1, 0.15) is 31.2 Å². The average molecular weight is 397 g/mol. The maximum absolute atomic E-state index is 5.62. The molecule has 0 radical (unpaired) electrons. The molecule has 0 fully saturated rings. The van der Waals surface area contributed by atoms with E-state index in [9.17, 15) is 0 Å². The molecule has 90 valence electrons. The molecule has 0 spiro atoms. The summed E-state index contributed by atoms with van der Waals surface area (Å²) in [6.45, 7) is 1.62. The van der Waals surface area contributed by atoms with E-state index in [4.69, 9.17) is 4.74 Å². The van der Waals surface area contributed by atoms with Crippen LogP contribution in [0.2, 0.25) is 0 Å². The highest BCUT2D eigenvalue weighted by Crippen LogP contribution is 2.11. The van der Waals surface area contributed by atoms with E-state index in [0.717, 1.165) is 17.7 Å². The van der Waals surface area contributed by atoms with E-state index >= 15 is 0 Å². The van der Waals surface area contributed by atoms with Crippen molar-refractivity contribution in [2.24, 2.45) is 0 Å². The van der Waals surface area contributed by atoms with E-state index in [1.54, 1.807) is 0 Å². The summed E-state index contributed by atoms with van der Waals surface area (Å²) in [7, 11) is 0. The van der Waals surface area contributed by atoms with Gasteiger partial charge < -0.3 is 4.74 Å². The normalized spacial score (nSPS) is 10.6. The highest BCUT2D eigenvalue weighted by atomic mass is 127. The summed E-state index contributed by atoms with van der Waals surface area (Å²) in [4.78, 5) is 0. The first-order valence-electron chi connectivity index (χ1n) is 5.71. The zero-order valence-corrected chi connectivity index (χ0v) is 13.2. The van der Waals surface area contributed by atoms with Crippen LogP contribution in [-0.2, 0) is 11.3 Å². The maximum atomic E-state index is 5.62. The largest absolute Gasteiger partial charge is 0.377 e. The molecule has 0 aliphatic rings. The topological polar surface area (TPSA) is 9.23 Å². The summed E-state index contributed by atoms with van der Waals surface area (Å²) in [6, 6.07) is 8.30. The van der Waals surface area contributed by atoms with E-state index in [2.05, 4.69) is 62.8 Å². The van der Waals surface area contributed by atoms with Crippen LogP contribution in [0.25, 0.3) is 0 Å². The van der Waals surface area contributed by atoms with Gasteiger partial charge in [-0.15, -0.1) is 0 Å². The molecule has 0 aliphatic carbocycles. The molecule has 0 amide bonds. The Balaban J connectivity index is 2.01. The van der Waals surface area contributed by atoms with Gasteiger partial charge in [0.15, 0.2) is 0 Å². The smallest absolute Gasteiger partial charge is 0.0716 e. The summed E-state index contributed by atoms with van der Waals surface area (Å²) in [5, 5.41) is 0. The molecule has 0 unspecified atom stereocenters. The highest BCUT2D eigenvalue weighted by molar-refractivity contribution is 14.1. The molecule has 0 N–H and O–H groups in total. The molecule has 0 bridgehead atoms. The molecular formula is C13H18BrIO. The Morgan fingerprint density at radius 2 is 1.69 bits per heavy atom. The second-order valence-corrected chi connectivity index (χ2v) is 5.78. The van der Waals surface area contributed by atoms with Gasteiger partial charge >= 0.3 is 0 Å². The van der Waals surface area contributed by atoms with Crippen molar-refractivity contribution in [2.75, 3.05) is 11.0 Å². The molecule has 0 saturated heterocycles. The molecular weight excluding hydrogens is 379 g/mol. The van der Waals surface area contributed by atoms with Gasteiger partial charge in [0, 0.05) is 11.1 Å². The zero-order chi connectivity index (χ0) is 11.6. The molecule has 16 heavy (non-hydrogen) atoms. The van der Waals surface area contributed by atoms with Crippen LogP contribution in [-0.4, -0.2) is 11.0 Å². The molecule has 3 heteroatoms. The van der Waals surface area contributed by atoms with Crippen LogP contribution >= 0.6 is 38.5 Å². The first-order chi connectivity index (χ1) is 7.83. The minimum absolute atomic E-state index is 0.736. The first kappa shape index (κ1) is 14.5. The molecule has 1 rings (SSSR count). The standard InChI is InChI=1S/C13H18BrIO/c14-13-7-5-12(6-8-13)11-16-10-4-2-1-3-9-15/h5-8H,1-4,9-11H2. The van der Waals surface area contributed by atoms with Gasteiger partial charge in [-0.05, 0) is 35.0 Å². The van der Waals surface area contributed by atoms with Gasteiger partial charge in [-0.3, -0.25) is 0 Å². The molecule has 0 heterocycles. The summed E-state index contributed by atoms with van der Waals surface area (Å²) < 4.78 is 8.02. The monoisotopic (exact) mass is 396 g/mol. The van der Waals surface area contributed by atoms with E-state index in [1.807, 2.05) is 0 Å². The molecule has 1 aromatic carbocycles. The second kappa shape index (κ2) is 9.42. The number of benzene rings is 1. The van der Waals surface area contributed by atoms with Crippen LogP contribution in [0, 0.1) is 0 Å². The Hall–Kier alpha value is 0.390. The van der Waals surface area contributed by atoms with Gasteiger partial charge in [0.1, 0.15) is 0 Å². The third-order valence-corrected chi connectivity index (χ3v) is 3.65. The van der Waals surface area contributed by atoms with Crippen molar-refractivity contribution < 1.29 is 4.74 Å². The molecule has 0 saturated carbocycles. The van der Waals surface area contributed by atoms with Crippen LogP contribution < -0.4 is 0 Å². The van der Waals surface area contributed by atoms with Gasteiger partial charge in [0.2, 0.25) is 0 Å². The Labute approximate surface area is 120 Å². The zero-order valence-electron chi connectivity index (χ0n) is 9.42.